The van der Waals surface area contributed by atoms with E-state index >= 15 is 0 Å². The summed E-state index contributed by atoms with van der Waals surface area (Å²) in [6.07, 6.45) is 6.10. The Morgan fingerprint density at radius 2 is 2.00 bits per heavy atom. The van der Waals surface area contributed by atoms with Crippen LogP contribution in [0.5, 0.6) is 0 Å². The summed E-state index contributed by atoms with van der Waals surface area (Å²) >= 11 is 3.21. The number of piperidine rings is 1. The van der Waals surface area contributed by atoms with E-state index in [9.17, 15) is 4.39 Å². The van der Waals surface area contributed by atoms with E-state index in [2.05, 4.69) is 31.2 Å². The van der Waals surface area contributed by atoms with Gasteiger partial charge in [0.2, 0.25) is 0 Å². The van der Waals surface area contributed by atoms with Crippen LogP contribution in [0.25, 0.3) is 11.0 Å². The lowest BCUT2D eigenvalue weighted by molar-refractivity contribution is 0.295. The van der Waals surface area contributed by atoms with E-state index in [1.54, 1.807) is 6.07 Å². The second-order valence-corrected chi connectivity index (χ2v) is 7.00. The molecule has 3 heterocycles. The highest BCUT2D eigenvalue weighted by Crippen LogP contribution is 2.33. The molecule has 0 amide bonds. The maximum Gasteiger partial charge on any atom is 0.139 e. The molecule has 0 spiro atoms. The maximum atomic E-state index is 13.5. The summed E-state index contributed by atoms with van der Waals surface area (Å²) in [5, 5.41) is 3.66. The molecule has 5 heteroatoms. The van der Waals surface area contributed by atoms with Gasteiger partial charge in [-0.25, -0.2) is 9.37 Å². The van der Waals surface area contributed by atoms with Crippen molar-refractivity contribution >= 4 is 27.0 Å². The monoisotopic (exact) mass is 337 g/mol. The molecule has 2 N–H and O–H groups in total. The predicted octanol–water partition coefficient (Wildman–Crippen LogP) is 3.54. The molecule has 0 aliphatic carbocycles. The molecule has 2 unspecified atom stereocenters. The number of rotatable bonds is 2. The number of fused-ring (bicyclic) bond motifs is 3. The number of hydrogen-bond acceptors (Lipinski definition) is 2. The predicted molar refractivity (Wildman–Crippen MR) is 80.1 cm³/mol. The van der Waals surface area contributed by atoms with Gasteiger partial charge >= 0.3 is 0 Å². The lowest BCUT2D eigenvalue weighted by Crippen LogP contribution is -2.38. The van der Waals surface area contributed by atoms with Crippen LogP contribution in [0, 0.1) is 11.7 Å². The fourth-order valence-corrected chi connectivity index (χ4v) is 4.10. The van der Waals surface area contributed by atoms with Gasteiger partial charge in [0.1, 0.15) is 11.6 Å². The molecule has 3 nitrogen and oxygen atoms in total. The highest BCUT2D eigenvalue weighted by molar-refractivity contribution is 9.10. The smallest absolute Gasteiger partial charge is 0.139 e. The lowest BCUT2D eigenvalue weighted by atomic mass is 9.89. The quantitative estimate of drug-likeness (QED) is 0.879. The van der Waals surface area contributed by atoms with E-state index in [0.717, 1.165) is 23.3 Å². The van der Waals surface area contributed by atoms with Crippen molar-refractivity contribution in [3.05, 3.63) is 28.2 Å². The average Bonchev–Trinajstić information content (AvgIpc) is 2.93. The van der Waals surface area contributed by atoms with Crippen molar-refractivity contribution in [1.82, 2.24) is 15.3 Å². The van der Waals surface area contributed by atoms with Crippen LogP contribution in [-0.4, -0.2) is 22.1 Å². The molecule has 0 radical (unpaired) electrons. The standard InChI is InChI=1S/C15H17BrFN3/c16-11-6-13-14(7-12(11)17)20-15(19-13)5-8-3-9-1-2-10(4-8)18-9/h6-10,18H,1-5H2,(H,19,20). The zero-order chi connectivity index (χ0) is 13.7. The molecule has 2 aliphatic rings. The molecular formula is C15H17BrFN3. The van der Waals surface area contributed by atoms with Crippen molar-refractivity contribution < 1.29 is 4.39 Å². The number of aromatic amines is 1. The molecule has 2 aromatic rings. The second kappa shape index (κ2) is 4.81. The summed E-state index contributed by atoms with van der Waals surface area (Å²) in [7, 11) is 0. The number of H-pyrrole nitrogens is 1. The molecule has 2 saturated heterocycles. The van der Waals surface area contributed by atoms with Crippen molar-refractivity contribution in [2.45, 2.75) is 44.2 Å². The maximum absolute atomic E-state index is 13.5. The van der Waals surface area contributed by atoms with E-state index < -0.39 is 0 Å². The Kier molecular flexibility index (Phi) is 3.07. The summed E-state index contributed by atoms with van der Waals surface area (Å²) in [6, 6.07) is 4.67. The van der Waals surface area contributed by atoms with Gasteiger partial charge in [0, 0.05) is 24.6 Å². The van der Waals surface area contributed by atoms with Crippen LogP contribution in [0.3, 0.4) is 0 Å². The third kappa shape index (κ3) is 2.27. The highest BCUT2D eigenvalue weighted by atomic mass is 79.9. The van der Waals surface area contributed by atoms with Crippen molar-refractivity contribution in [3.63, 3.8) is 0 Å². The van der Waals surface area contributed by atoms with E-state index in [1.807, 2.05) is 0 Å². The van der Waals surface area contributed by atoms with Crippen LogP contribution in [0.1, 0.15) is 31.5 Å². The van der Waals surface area contributed by atoms with Gasteiger partial charge < -0.3 is 10.3 Å². The molecule has 2 fully saturated rings. The molecule has 4 rings (SSSR count). The molecule has 2 aliphatic heterocycles. The normalized spacial score (nSPS) is 29.2. The number of benzene rings is 1. The molecule has 1 aromatic heterocycles. The van der Waals surface area contributed by atoms with Gasteiger partial charge in [-0.05, 0) is 53.6 Å². The van der Waals surface area contributed by atoms with Crippen molar-refractivity contribution in [3.8, 4) is 0 Å². The van der Waals surface area contributed by atoms with Gasteiger partial charge in [0.05, 0.1) is 15.5 Å². The number of imidazole rings is 1. The largest absolute Gasteiger partial charge is 0.342 e. The zero-order valence-electron chi connectivity index (χ0n) is 11.1. The Balaban J connectivity index is 1.56. The number of nitrogens with one attached hydrogen (secondary N) is 2. The van der Waals surface area contributed by atoms with Crippen molar-refractivity contribution in [2.24, 2.45) is 5.92 Å². The third-order valence-electron chi connectivity index (χ3n) is 4.63. The highest BCUT2D eigenvalue weighted by Gasteiger charge is 2.33. The molecule has 106 valence electrons. The first-order chi connectivity index (χ1) is 9.67. The Bertz CT molecular complexity index is 603. The molecule has 20 heavy (non-hydrogen) atoms. The minimum Gasteiger partial charge on any atom is -0.342 e. The van der Waals surface area contributed by atoms with Crippen molar-refractivity contribution in [2.75, 3.05) is 0 Å². The van der Waals surface area contributed by atoms with E-state index in [0.29, 0.717) is 22.5 Å². The second-order valence-electron chi connectivity index (χ2n) is 6.15. The van der Waals surface area contributed by atoms with Crippen LogP contribution in [0.2, 0.25) is 0 Å². The van der Waals surface area contributed by atoms with E-state index in [4.69, 9.17) is 0 Å². The first-order valence-corrected chi connectivity index (χ1v) is 8.06. The van der Waals surface area contributed by atoms with Crippen molar-refractivity contribution in [1.29, 1.82) is 0 Å². The lowest BCUT2D eigenvalue weighted by Gasteiger charge is -2.28. The van der Waals surface area contributed by atoms with Gasteiger partial charge in [0.25, 0.3) is 0 Å². The molecule has 0 saturated carbocycles. The Morgan fingerprint density at radius 3 is 2.75 bits per heavy atom. The summed E-state index contributed by atoms with van der Waals surface area (Å²) in [6.45, 7) is 0. The molecule has 1 aromatic carbocycles. The number of hydrogen-bond donors (Lipinski definition) is 2. The molecule has 2 bridgehead atoms. The summed E-state index contributed by atoms with van der Waals surface area (Å²) in [5.74, 6) is 1.44. The SMILES string of the molecule is Fc1cc2[nH]c(CC3CC4CCC(C3)N4)nc2cc1Br. The molecule has 2 atom stereocenters. The topological polar surface area (TPSA) is 40.7 Å². The van der Waals surface area contributed by atoms with Crippen LogP contribution < -0.4 is 5.32 Å². The number of aromatic nitrogens is 2. The number of halogens is 2. The number of nitrogens with zero attached hydrogens (tertiary/aromatic N) is 1. The first kappa shape index (κ1) is 12.8. The summed E-state index contributed by atoms with van der Waals surface area (Å²) in [5.41, 5.74) is 1.63. The van der Waals surface area contributed by atoms with Gasteiger partial charge in [0.15, 0.2) is 0 Å². The van der Waals surface area contributed by atoms with Crippen LogP contribution in [0.4, 0.5) is 4.39 Å². The van der Waals surface area contributed by atoms with Crippen LogP contribution in [-0.2, 0) is 6.42 Å². The van der Waals surface area contributed by atoms with Gasteiger partial charge in [-0.1, -0.05) is 0 Å². The summed E-state index contributed by atoms with van der Waals surface area (Å²) < 4.78 is 14.0. The fourth-order valence-electron chi connectivity index (χ4n) is 3.77. The minimum absolute atomic E-state index is 0.243. The summed E-state index contributed by atoms with van der Waals surface area (Å²) in [4.78, 5) is 7.88. The average molecular weight is 338 g/mol. The van der Waals surface area contributed by atoms with E-state index in [-0.39, 0.29) is 5.82 Å². The Hall–Kier alpha value is -0.940. The minimum atomic E-state index is -0.243. The van der Waals surface area contributed by atoms with E-state index in [1.165, 1.54) is 31.7 Å². The fraction of sp³-hybridized carbons (Fsp3) is 0.533. The third-order valence-corrected chi connectivity index (χ3v) is 5.23. The first-order valence-electron chi connectivity index (χ1n) is 7.27. The van der Waals surface area contributed by atoms with Crippen LogP contribution >= 0.6 is 15.9 Å². The van der Waals surface area contributed by atoms with Gasteiger partial charge in [-0.3, -0.25) is 0 Å². The Morgan fingerprint density at radius 1 is 1.25 bits per heavy atom. The Labute approximate surface area is 125 Å². The van der Waals surface area contributed by atoms with Gasteiger partial charge in [-0.2, -0.15) is 0 Å². The van der Waals surface area contributed by atoms with Crippen LogP contribution in [0.15, 0.2) is 16.6 Å². The zero-order valence-corrected chi connectivity index (χ0v) is 12.7. The molecular weight excluding hydrogens is 321 g/mol. The van der Waals surface area contributed by atoms with Gasteiger partial charge in [-0.15, -0.1) is 0 Å².